The summed E-state index contributed by atoms with van der Waals surface area (Å²) < 4.78 is 129. The number of benzene rings is 3. The topological polar surface area (TPSA) is 133 Å². The second kappa shape index (κ2) is 13.8. The van der Waals surface area contributed by atoms with Gasteiger partial charge < -0.3 is 23.8 Å². The van der Waals surface area contributed by atoms with E-state index < -0.39 is 82.2 Å². The number of ether oxygens (including phenoxy) is 4. The lowest BCUT2D eigenvalue weighted by molar-refractivity contribution is -0.154. The highest BCUT2D eigenvalue weighted by molar-refractivity contribution is 7.89. The van der Waals surface area contributed by atoms with Crippen LogP contribution in [0.3, 0.4) is 0 Å². The van der Waals surface area contributed by atoms with Gasteiger partial charge >= 0.3 is 12.4 Å². The number of carbonyl (C=O) groups excluding carboxylic acids is 2. The Kier molecular flexibility index (Phi) is 9.82. The Balaban J connectivity index is 1.29. The molecule has 0 saturated heterocycles. The van der Waals surface area contributed by atoms with Gasteiger partial charge in [-0.1, -0.05) is 23.7 Å². The molecule has 1 aromatic heterocycles. The second-order valence-electron chi connectivity index (χ2n) is 12.2. The molecule has 53 heavy (non-hydrogen) atoms. The summed E-state index contributed by atoms with van der Waals surface area (Å²) in [5.41, 5.74) is -1.77. The number of fused-ring (bicyclic) bond motifs is 2. The molecule has 0 spiro atoms. The lowest BCUT2D eigenvalue weighted by atomic mass is 9.93. The number of hydrogen-bond donors (Lipinski definition) is 1. The highest BCUT2D eigenvalue weighted by Crippen LogP contribution is 2.55. The summed E-state index contributed by atoms with van der Waals surface area (Å²) in [5, 5.41) is -0.394. The summed E-state index contributed by atoms with van der Waals surface area (Å²) in [4.78, 5) is 32.3. The summed E-state index contributed by atoms with van der Waals surface area (Å²) in [7, 11) is -1.53. The third-order valence-corrected chi connectivity index (χ3v) is 10.1. The zero-order valence-corrected chi connectivity index (χ0v) is 29.2. The molecule has 2 heterocycles. The van der Waals surface area contributed by atoms with Gasteiger partial charge in [-0.05, 0) is 54.8 Å². The monoisotopic (exact) mass is 787 g/mol. The van der Waals surface area contributed by atoms with Crippen molar-refractivity contribution in [2.75, 3.05) is 32.3 Å². The second-order valence-corrected chi connectivity index (χ2v) is 14.3. The molecule has 2 aliphatic rings. The molecule has 0 bridgehead atoms. The van der Waals surface area contributed by atoms with Gasteiger partial charge in [-0.15, -0.1) is 0 Å². The molecule has 6 rings (SSSR count). The Labute approximate surface area is 302 Å². The highest BCUT2D eigenvalue weighted by Gasteiger charge is 2.55. The van der Waals surface area contributed by atoms with Gasteiger partial charge in [0.25, 0.3) is 5.91 Å². The molecule has 0 atom stereocenters. The van der Waals surface area contributed by atoms with Gasteiger partial charge in [0.2, 0.25) is 15.9 Å². The molecule has 3 aromatic carbocycles. The number of nitrogens with zero attached hydrogens (tertiary/aromatic N) is 2. The van der Waals surface area contributed by atoms with Crippen LogP contribution in [0.4, 0.5) is 32.0 Å². The van der Waals surface area contributed by atoms with E-state index in [9.17, 15) is 44.3 Å². The average Bonchev–Trinajstić information content (AvgIpc) is 3.82. The lowest BCUT2D eigenvalue weighted by Gasteiger charge is -2.21. The summed E-state index contributed by atoms with van der Waals surface area (Å²) in [6, 6.07) is 11.2. The number of rotatable bonds is 12. The third-order valence-electron chi connectivity index (χ3n) is 8.60. The first-order valence-electron chi connectivity index (χ1n) is 15.6. The molecule has 1 fully saturated rings. The highest BCUT2D eigenvalue weighted by atomic mass is 35.5. The molecule has 1 aliphatic heterocycles. The van der Waals surface area contributed by atoms with Crippen molar-refractivity contribution in [2.24, 2.45) is 0 Å². The molecular weight excluding hydrogens is 760 g/mol. The normalized spacial score (nSPS) is 15.3. The van der Waals surface area contributed by atoms with Crippen LogP contribution in [0, 0.1) is 0 Å². The smallest absolute Gasteiger partial charge is 0.422 e. The number of alkyl halides is 6. The van der Waals surface area contributed by atoms with E-state index >= 15 is 0 Å². The number of carbonyl (C=O) groups is 2. The maximum absolute atomic E-state index is 13.9. The van der Waals surface area contributed by atoms with Crippen molar-refractivity contribution in [3.05, 3.63) is 82.0 Å². The Morgan fingerprint density at radius 3 is 2.13 bits per heavy atom. The minimum Gasteiger partial charge on any atom is -0.496 e. The van der Waals surface area contributed by atoms with Crippen molar-refractivity contribution < 1.29 is 63.3 Å². The molecule has 2 amide bonds. The molecule has 1 saturated carbocycles. The molecule has 0 radical (unpaired) electrons. The van der Waals surface area contributed by atoms with E-state index in [1.165, 1.54) is 50.7 Å². The molecule has 11 nitrogen and oxygen atoms in total. The summed E-state index contributed by atoms with van der Waals surface area (Å²) >= 11 is 6.53. The minimum absolute atomic E-state index is 0.0567. The third kappa shape index (κ3) is 7.60. The predicted octanol–water partition coefficient (Wildman–Crippen LogP) is 6.63. The number of anilines is 1. The van der Waals surface area contributed by atoms with Gasteiger partial charge in [0.1, 0.15) is 22.8 Å². The number of amides is 2. The first-order chi connectivity index (χ1) is 24.9. The average molecular weight is 788 g/mol. The first kappa shape index (κ1) is 37.8. The van der Waals surface area contributed by atoms with Gasteiger partial charge in [-0.2, -0.15) is 26.3 Å². The molecular formula is C34H28ClF6N3O8S. The van der Waals surface area contributed by atoms with Crippen LogP contribution in [-0.4, -0.2) is 65.0 Å². The van der Waals surface area contributed by atoms with Gasteiger partial charge in [-0.25, -0.2) is 8.42 Å². The van der Waals surface area contributed by atoms with Gasteiger partial charge in [0.15, 0.2) is 19.0 Å². The lowest BCUT2D eigenvalue weighted by Crippen LogP contribution is -2.39. The Morgan fingerprint density at radius 1 is 0.943 bits per heavy atom. The number of aromatic nitrogens is 1. The Morgan fingerprint density at radius 2 is 1.57 bits per heavy atom. The fraction of sp³-hybridized carbons (Fsp3) is 0.324. The fourth-order valence-electron chi connectivity index (χ4n) is 6.24. The molecule has 19 heteroatoms. The maximum atomic E-state index is 13.9. The van der Waals surface area contributed by atoms with Crippen molar-refractivity contribution >= 4 is 50.0 Å². The van der Waals surface area contributed by atoms with E-state index in [0.29, 0.717) is 29.9 Å². The molecule has 0 unspecified atom stereocenters. The van der Waals surface area contributed by atoms with E-state index in [2.05, 4.69) is 9.71 Å². The van der Waals surface area contributed by atoms with Crippen LogP contribution < -0.4 is 28.6 Å². The fourth-order valence-corrected chi connectivity index (χ4v) is 7.71. The molecule has 1 N–H and O–H groups in total. The summed E-state index contributed by atoms with van der Waals surface area (Å²) in [6.07, 6.45) is -7.82. The van der Waals surface area contributed by atoms with Crippen LogP contribution in [-0.2, 0) is 32.5 Å². The summed E-state index contributed by atoms with van der Waals surface area (Å²) in [6.45, 7) is -4.14. The predicted molar refractivity (Wildman–Crippen MR) is 178 cm³/mol. The minimum atomic E-state index is -4.84. The zero-order valence-electron chi connectivity index (χ0n) is 27.7. The van der Waals surface area contributed by atoms with Crippen LogP contribution in [0.25, 0.3) is 10.9 Å². The number of pyridine rings is 1. The number of halogens is 7. The Hall–Kier alpha value is -4.97. The van der Waals surface area contributed by atoms with E-state index in [1.54, 1.807) is 18.2 Å². The van der Waals surface area contributed by atoms with E-state index in [0.717, 1.165) is 4.90 Å². The van der Waals surface area contributed by atoms with E-state index in [4.69, 9.17) is 30.5 Å². The van der Waals surface area contributed by atoms with Crippen molar-refractivity contribution in [1.82, 2.24) is 9.71 Å². The zero-order chi connectivity index (χ0) is 38.5. The molecule has 282 valence electrons. The van der Waals surface area contributed by atoms with Crippen molar-refractivity contribution in [2.45, 2.75) is 42.9 Å². The van der Waals surface area contributed by atoms with Gasteiger partial charge in [-0.3, -0.25) is 19.3 Å². The van der Waals surface area contributed by atoms with E-state index in [-0.39, 0.29) is 32.7 Å². The van der Waals surface area contributed by atoms with Crippen LogP contribution in [0.1, 0.15) is 39.9 Å². The van der Waals surface area contributed by atoms with Crippen LogP contribution in [0.5, 0.6) is 23.0 Å². The number of nitrogens with one attached hydrogen (secondary N) is 1. The maximum Gasteiger partial charge on any atom is 0.422 e. The van der Waals surface area contributed by atoms with Crippen LogP contribution >= 0.6 is 11.6 Å². The van der Waals surface area contributed by atoms with Crippen molar-refractivity contribution in [3.63, 3.8) is 0 Å². The van der Waals surface area contributed by atoms with Crippen molar-refractivity contribution in [3.8, 4) is 23.0 Å². The summed E-state index contributed by atoms with van der Waals surface area (Å²) in [5.74, 6) is -2.87. The first-order valence-corrected chi connectivity index (χ1v) is 17.6. The van der Waals surface area contributed by atoms with Gasteiger partial charge in [0.05, 0.1) is 53.8 Å². The molecule has 4 aromatic rings. The number of hydrogen-bond acceptors (Lipinski definition) is 9. The largest absolute Gasteiger partial charge is 0.496 e. The Bertz CT molecular complexity index is 2210. The SMILES string of the molecule is COc1cccc(OC)c1C1(C(=O)NS(=O)(=O)Cc2ccc(N3Cc4c(c(OCC(F)(F)F)c5cccnc5c4OCC(F)(F)F)C3=O)c(Cl)c2)CC1. The number of methoxy groups -OCH3 is 2. The number of sulfonamides is 1. The van der Waals surface area contributed by atoms with Gasteiger partial charge in [0, 0.05) is 17.1 Å². The standard InChI is InChI=1S/C34H28ClF6N3O8S/c1-49-23-6-3-7-24(50-2)26(23)32(10-11-32)31(46)43-53(47,48)15-18-8-9-22(21(35)13-18)44-14-20-25(30(44)45)28(51-16-33(36,37)38)19-5-4-12-42-27(19)29(20)52-17-34(39,40)41/h3-9,12-13H,10-11,14-17H2,1-2H3,(H,43,46). The van der Waals surface area contributed by atoms with Crippen LogP contribution in [0.2, 0.25) is 5.02 Å². The van der Waals surface area contributed by atoms with E-state index in [1.807, 2.05) is 0 Å². The van der Waals surface area contributed by atoms with Crippen LogP contribution in [0.15, 0.2) is 54.7 Å². The van der Waals surface area contributed by atoms with Crippen molar-refractivity contribution in [1.29, 1.82) is 0 Å². The molecule has 1 aliphatic carbocycles. The quantitative estimate of drug-likeness (QED) is 0.157.